The van der Waals surface area contributed by atoms with Crippen molar-refractivity contribution in [3.8, 4) is 0 Å². The van der Waals surface area contributed by atoms with E-state index >= 15 is 0 Å². The van der Waals surface area contributed by atoms with Crippen LogP contribution in [0.5, 0.6) is 0 Å². The Bertz CT molecular complexity index is 153. The van der Waals surface area contributed by atoms with Gasteiger partial charge in [0.25, 0.3) is 0 Å². The first kappa shape index (κ1) is 6.84. The second-order valence-corrected chi connectivity index (χ2v) is 4.27. The van der Waals surface area contributed by atoms with E-state index in [1.54, 1.807) is 5.57 Å². The lowest BCUT2D eigenvalue weighted by molar-refractivity contribution is 0.484. The van der Waals surface area contributed by atoms with Gasteiger partial charge in [0.15, 0.2) is 6.56 Å². The van der Waals surface area contributed by atoms with Gasteiger partial charge in [-0.3, -0.25) is 0 Å². The van der Waals surface area contributed by atoms with E-state index in [-0.39, 0.29) is 0 Å². The molecule has 54 valence electrons. The van der Waals surface area contributed by atoms with E-state index in [1.807, 2.05) is 11.6 Å². The Hall–Kier alpha value is 0.155. The number of allylic oxidation sites excluding steroid dienone is 1. The van der Waals surface area contributed by atoms with Crippen LogP contribution in [0.1, 0.15) is 25.7 Å². The summed E-state index contributed by atoms with van der Waals surface area (Å²) in [5.74, 6) is 0.995. The molecule has 0 N–H and O–H groups in total. The third-order valence-corrected chi connectivity index (χ3v) is 3.55. The molecule has 1 atom stereocenters. The zero-order valence-corrected chi connectivity index (χ0v) is 7.12. The second-order valence-electron chi connectivity index (χ2n) is 3.29. The van der Waals surface area contributed by atoms with Crippen molar-refractivity contribution in [3.63, 3.8) is 0 Å². The summed E-state index contributed by atoms with van der Waals surface area (Å²) in [5.41, 5.74) is 1.77. The first-order valence-corrected chi connectivity index (χ1v) is 5.32. The minimum absolute atomic E-state index is 0.995. The van der Waals surface area contributed by atoms with Gasteiger partial charge in [-0.1, -0.05) is 18.3 Å². The van der Waals surface area contributed by atoms with Gasteiger partial charge in [-0.2, -0.15) is 11.6 Å². The van der Waals surface area contributed by atoms with E-state index < -0.39 is 0 Å². The Morgan fingerprint density at radius 2 is 2.50 bits per heavy atom. The van der Waals surface area contributed by atoms with E-state index in [4.69, 9.17) is 0 Å². The fourth-order valence-electron chi connectivity index (χ4n) is 1.97. The third-order valence-electron chi connectivity index (χ3n) is 2.61. The molecule has 0 radical (unpaired) electrons. The van der Waals surface area contributed by atoms with E-state index in [0.29, 0.717) is 0 Å². The Morgan fingerprint density at radius 3 is 3.40 bits per heavy atom. The van der Waals surface area contributed by atoms with Gasteiger partial charge >= 0.3 is 0 Å². The highest BCUT2D eigenvalue weighted by Crippen LogP contribution is 2.37. The Kier molecular flexibility index (Phi) is 2.08. The van der Waals surface area contributed by atoms with Gasteiger partial charge in [-0.15, -0.1) is 0 Å². The van der Waals surface area contributed by atoms with Crippen molar-refractivity contribution in [2.75, 3.05) is 0 Å². The predicted octanol–water partition coefficient (Wildman–Crippen LogP) is 2.58. The van der Waals surface area contributed by atoms with Crippen LogP contribution in [0.3, 0.4) is 0 Å². The lowest BCUT2D eigenvalue weighted by Gasteiger charge is -2.27. The number of hydrogen-bond donors (Lipinski definition) is 0. The number of hydrogen-bond acceptors (Lipinski definition) is 1. The molecule has 0 spiro atoms. The maximum absolute atomic E-state index is 2.42. The molecule has 2 rings (SSSR count). The summed E-state index contributed by atoms with van der Waals surface area (Å²) in [6, 6.07) is 0. The highest BCUT2D eigenvalue weighted by Gasteiger charge is 2.21. The number of rotatable bonds is 0. The Labute approximate surface area is 67.6 Å². The first-order valence-electron chi connectivity index (χ1n) is 4.27. The van der Waals surface area contributed by atoms with Gasteiger partial charge in [-0.25, -0.2) is 0 Å². The molecule has 1 unspecified atom stereocenters. The maximum Gasteiger partial charge on any atom is 0.198 e. The van der Waals surface area contributed by atoms with E-state index in [2.05, 4.69) is 5.41 Å². The highest BCUT2D eigenvalue weighted by molar-refractivity contribution is 8.24. The van der Waals surface area contributed by atoms with Gasteiger partial charge < -0.3 is 0 Å². The monoisotopic (exact) mass is 152 g/mol. The van der Waals surface area contributed by atoms with Crippen LogP contribution < -0.4 is 0 Å². The molecule has 0 nitrogen and oxygen atoms in total. The van der Waals surface area contributed by atoms with Crippen LogP contribution >= 0.6 is 11.6 Å². The van der Waals surface area contributed by atoms with Crippen LogP contribution in [0, 0.1) is 5.92 Å². The summed E-state index contributed by atoms with van der Waals surface area (Å²) < 4.78 is 0. The zero-order chi connectivity index (χ0) is 6.81. The molecule has 1 heterocycles. The Balaban J connectivity index is 2.08. The molecule has 0 amide bonds. The molecule has 0 bridgehead atoms. The summed E-state index contributed by atoms with van der Waals surface area (Å²) in [6.45, 7) is 1.37. The van der Waals surface area contributed by atoms with Crippen LogP contribution in [0.25, 0.3) is 0 Å². The van der Waals surface area contributed by atoms with Gasteiger partial charge in [-0.05, 0) is 30.6 Å². The zero-order valence-electron chi connectivity index (χ0n) is 6.31. The van der Waals surface area contributed by atoms with Crippen LogP contribution in [-0.2, 0) is 0 Å². The number of fused-ring (bicyclic) bond motifs is 1. The van der Waals surface area contributed by atoms with E-state index in [0.717, 1.165) is 5.92 Å². The van der Waals surface area contributed by atoms with E-state index in [1.165, 1.54) is 38.6 Å². The highest BCUT2D eigenvalue weighted by atomic mass is 32.2. The molecule has 10 heavy (non-hydrogen) atoms. The topological polar surface area (TPSA) is 0 Å². The summed E-state index contributed by atoms with van der Waals surface area (Å²) >= 11 is 2.02. The molecule has 2 aliphatic rings. The molecule has 0 saturated heterocycles. The minimum Gasteiger partial charge on any atom is -0.188 e. The van der Waals surface area contributed by atoms with Crippen molar-refractivity contribution in [1.82, 2.24) is 0 Å². The molecule has 1 fully saturated rings. The van der Waals surface area contributed by atoms with Crippen molar-refractivity contribution >= 4 is 18.2 Å². The van der Waals surface area contributed by atoms with Gasteiger partial charge in [0.2, 0.25) is 0 Å². The first-order chi connectivity index (χ1) is 4.97. The fraction of sp³-hybridized carbons (Fsp3) is 0.750. The van der Waals surface area contributed by atoms with Crippen LogP contribution in [0.4, 0.5) is 0 Å². The molecular formula is C8H13BS. The average molecular weight is 152 g/mol. The van der Waals surface area contributed by atoms with Crippen molar-refractivity contribution in [3.05, 3.63) is 11.0 Å². The normalized spacial score (nSPS) is 32.0. The predicted molar refractivity (Wildman–Crippen MR) is 49.6 cm³/mol. The molecule has 0 aromatic heterocycles. The molecule has 1 aliphatic carbocycles. The third kappa shape index (κ3) is 1.27. The minimum atomic E-state index is 0.995. The largest absolute Gasteiger partial charge is 0.198 e. The van der Waals surface area contributed by atoms with Crippen molar-refractivity contribution in [1.29, 1.82) is 0 Å². The molecule has 0 aromatic rings. The van der Waals surface area contributed by atoms with Crippen molar-refractivity contribution in [2.24, 2.45) is 5.92 Å². The van der Waals surface area contributed by atoms with Gasteiger partial charge in [0, 0.05) is 0 Å². The lowest BCUT2D eigenvalue weighted by Crippen LogP contribution is -2.13. The Morgan fingerprint density at radius 1 is 1.50 bits per heavy atom. The summed E-state index contributed by atoms with van der Waals surface area (Å²) in [7, 11) is 0. The van der Waals surface area contributed by atoms with Crippen LogP contribution in [0.15, 0.2) is 11.0 Å². The SMILES string of the molecule is B1CC2CCCCC2=CS1. The molecule has 2 heteroatoms. The standard InChI is InChI=1S/C8H13BS/c1-2-4-8-6-10-9-5-7(8)3-1/h6-7,9H,1-5H2. The van der Waals surface area contributed by atoms with E-state index in [9.17, 15) is 0 Å². The quantitative estimate of drug-likeness (QED) is 0.480. The van der Waals surface area contributed by atoms with Crippen molar-refractivity contribution < 1.29 is 0 Å². The average Bonchev–Trinajstić information content (AvgIpc) is 2.05. The summed E-state index contributed by atoms with van der Waals surface area (Å²) in [5, 5.41) is 2.42. The maximum atomic E-state index is 2.42. The second kappa shape index (κ2) is 3.04. The molecule has 1 aliphatic heterocycles. The van der Waals surface area contributed by atoms with Gasteiger partial charge in [0.05, 0.1) is 0 Å². The molecule has 1 saturated carbocycles. The summed E-state index contributed by atoms with van der Waals surface area (Å²) in [4.78, 5) is 0. The smallest absolute Gasteiger partial charge is 0.188 e. The van der Waals surface area contributed by atoms with Crippen molar-refractivity contribution in [2.45, 2.75) is 32.0 Å². The van der Waals surface area contributed by atoms with Gasteiger partial charge in [0.1, 0.15) is 0 Å². The lowest BCUT2D eigenvalue weighted by atomic mass is 9.76. The fourth-order valence-corrected chi connectivity index (χ4v) is 3.03. The van der Waals surface area contributed by atoms with Crippen LogP contribution in [-0.4, -0.2) is 6.56 Å². The molecular weight excluding hydrogens is 139 g/mol. The molecule has 0 aromatic carbocycles. The summed E-state index contributed by atoms with van der Waals surface area (Å²) in [6.07, 6.45) is 7.26. The van der Waals surface area contributed by atoms with Crippen LogP contribution in [0.2, 0.25) is 6.32 Å².